The maximum atomic E-state index is 15.0. The zero-order valence-corrected chi connectivity index (χ0v) is 60.3. The second-order valence-corrected chi connectivity index (χ2v) is 32.0. The van der Waals surface area contributed by atoms with E-state index < -0.39 is 65.8 Å². The zero-order chi connectivity index (χ0) is 71.7. The number of hydrogen-bond donors (Lipinski definition) is 4. The number of methoxy groups -OCH3 is 2. The van der Waals surface area contributed by atoms with E-state index in [1.54, 1.807) is 38.5 Å². The molecule has 2 aliphatic rings. The lowest BCUT2D eigenvalue weighted by Gasteiger charge is -2.35. The lowest BCUT2D eigenvalue weighted by atomic mass is 9.75. The fourth-order valence-corrected chi connectivity index (χ4v) is 13.7. The van der Waals surface area contributed by atoms with Crippen molar-refractivity contribution in [2.45, 2.75) is 140 Å². The Kier molecular flexibility index (Phi) is 24.8. The molecule has 6 aromatic rings. The van der Waals surface area contributed by atoms with Gasteiger partial charge in [0.25, 0.3) is 11.8 Å². The molecular weight excluding hydrogens is 1290 g/mol. The van der Waals surface area contributed by atoms with Crippen LogP contribution >= 0.6 is 0 Å². The summed E-state index contributed by atoms with van der Waals surface area (Å²) in [7, 11) is -4.62. The average Bonchev–Trinajstić information content (AvgIpc) is 0.724. The smallest absolute Gasteiger partial charge is 0.255 e. The SMILES string of the molecule is COCCC(C)(C)OCC(C)C(C)(C)OCC(C)NCCS(=O)(=O)c1cccc(C(=O)Nc2ccc(-c3ccc(NC(=O)c4cccc(S(=O)(=O)CCNC(C)COC(C)(C)C(C)COC(C)(C)CCOC)c4)c4c3C(=O)c3ccccc3C4=O)c3c2C(=O)c2ccccc2C3=O)c1. The third-order valence-electron chi connectivity index (χ3n) is 18.6. The van der Waals surface area contributed by atoms with Crippen LogP contribution in [0.5, 0.6) is 0 Å². The molecule has 0 radical (unpaired) electrons. The van der Waals surface area contributed by atoms with Gasteiger partial charge < -0.3 is 49.7 Å². The summed E-state index contributed by atoms with van der Waals surface area (Å²) in [5, 5.41) is 12.0. The van der Waals surface area contributed by atoms with Crippen molar-refractivity contribution in [1.29, 1.82) is 0 Å². The van der Waals surface area contributed by atoms with Gasteiger partial charge in [-0.1, -0.05) is 86.6 Å². The minimum atomic E-state index is -3.97. The number of carbonyl (C=O) groups is 6. The number of amides is 2. The number of hydrogen-bond acceptors (Lipinski definition) is 18. The Labute approximate surface area is 576 Å². The third-order valence-corrected chi connectivity index (χ3v) is 22.1. The Morgan fingerprint density at radius 3 is 1.09 bits per heavy atom. The minimum Gasteiger partial charge on any atom is -0.385 e. The molecule has 98 heavy (non-hydrogen) atoms. The van der Waals surface area contributed by atoms with Crippen LogP contribution in [0.1, 0.15) is 180 Å². The minimum absolute atomic E-state index is 0.0350. The standard InChI is InChI=1S/C76H94N4O16S2/c1-47(43-93-73(5,6)33-37-91-13)75(9,10)95-45-49(3)77-35-39-97(87,88)53-23-19-21-51(41-53)71(85)79-61-31-29-55(63-65(61)69(83)59-27-17-15-25-57(59)67(63)81)56-30-32-62(66-64(56)68(82)58-26-16-18-28-60(58)70(66)84)80-72(86)52-22-20-24-54(42-52)98(89,90)40-36-78-50(4)46-96-76(11,12)48(2)44-94-74(7,8)34-38-92-14/h15-32,41-42,47-50,77-78H,33-40,43-46H2,1-14H3,(H,79,85)(H,80,86). The Morgan fingerprint density at radius 1 is 0.418 bits per heavy atom. The van der Waals surface area contributed by atoms with Crippen LogP contribution in [0.25, 0.3) is 11.1 Å². The Morgan fingerprint density at radius 2 is 0.755 bits per heavy atom. The van der Waals surface area contributed by atoms with Crippen molar-refractivity contribution < 1.29 is 74.0 Å². The number of ether oxygens (including phenoxy) is 6. The van der Waals surface area contributed by atoms with E-state index in [9.17, 15) is 36.0 Å². The summed E-state index contributed by atoms with van der Waals surface area (Å²) in [6, 6.07) is 28.5. The lowest BCUT2D eigenvalue weighted by molar-refractivity contribution is -0.113. The van der Waals surface area contributed by atoms with Crippen LogP contribution < -0.4 is 21.3 Å². The molecule has 0 saturated carbocycles. The molecule has 8 rings (SSSR count). The molecule has 0 heterocycles. The lowest BCUT2D eigenvalue weighted by Crippen LogP contribution is -2.42. The van der Waals surface area contributed by atoms with Gasteiger partial charge in [0.2, 0.25) is 0 Å². The predicted molar refractivity (Wildman–Crippen MR) is 378 cm³/mol. The van der Waals surface area contributed by atoms with Gasteiger partial charge >= 0.3 is 0 Å². The van der Waals surface area contributed by atoms with Gasteiger partial charge in [-0.15, -0.1) is 0 Å². The van der Waals surface area contributed by atoms with Crippen LogP contribution in [-0.4, -0.2) is 165 Å². The van der Waals surface area contributed by atoms with Gasteiger partial charge in [0.15, 0.2) is 42.8 Å². The van der Waals surface area contributed by atoms with Crippen molar-refractivity contribution in [3.8, 4) is 11.1 Å². The van der Waals surface area contributed by atoms with Crippen LogP contribution in [0, 0.1) is 11.8 Å². The van der Waals surface area contributed by atoms with Gasteiger partial charge in [-0.05, 0) is 142 Å². The summed E-state index contributed by atoms with van der Waals surface area (Å²) in [6.07, 6.45) is 1.48. The summed E-state index contributed by atoms with van der Waals surface area (Å²) in [5.41, 5.74) is -2.73. The highest BCUT2D eigenvalue weighted by atomic mass is 32.2. The summed E-state index contributed by atoms with van der Waals surface area (Å²) < 4.78 is 90.9. The van der Waals surface area contributed by atoms with E-state index in [2.05, 4.69) is 35.1 Å². The maximum Gasteiger partial charge on any atom is 0.255 e. The predicted octanol–water partition coefficient (Wildman–Crippen LogP) is 11.4. The van der Waals surface area contributed by atoms with Crippen molar-refractivity contribution in [2.75, 3.05) is 89.1 Å². The van der Waals surface area contributed by atoms with E-state index in [-0.39, 0.29) is 148 Å². The first-order chi connectivity index (χ1) is 46.1. The molecule has 0 fully saturated rings. The average molecular weight is 1380 g/mol. The Hall–Kier alpha value is -7.48. The second kappa shape index (κ2) is 31.8. The monoisotopic (exact) mass is 1380 g/mol. The summed E-state index contributed by atoms with van der Waals surface area (Å²) in [4.78, 5) is 88.3. The topological polar surface area (TPSA) is 274 Å². The highest BCUT2D eigenvalue weighted by Crippen LogP contribution is 2.44. The number of fused-ring (bicyclic) bond motifs is 4. The molecular formula is C76H94N4O16S2. The fourth-order valence-electron chi connectivity index (χ4n) is 11.3. The zero-order valence-electron chi connectivity index (χ0n) is 58.7. The van der Waals surface area contributed by atoms with Gasteiger partial charge in [0.05, 0.1) is 92.6 Å². The molecule has 2 amide bonds. The van der Waals surface area contributed by atoms with Crippen molar-refractivity contribution in [2.24, 2.45) is 11.8 Å². The fraction of sp³-hybridized carbons (Fsp3) is 0.447. The van der Waals surface area contributed by atoms with Gasteiger partial charge in [0, 0.05) is 109 Å². The molecule has 0 saturated heterocycles. The van der Waals surface area contributed by atoms with E-state index in [1.807, 2.05) is 69.2 Å². The summed E-state index contributed by atoms with van der Waals surface area (Å²) in [6.45, 7) is 26.8. The van der Waals surface area contributed by atoms with Crippen molar-refractivity contribution in [3.05, 3.63) is 177 Å². The van der Waals surface area contributed by atoms with Crippen molar-refractivity contribution in [1.82, 2.24) is 10.6 Å². The van der Waals surface area contributed by atoms with Crippen LogP contribution in [0.15, 0.2) is 131 Å². The highest BCUT2D eigenvalue weighted by Gasteiger charge is 2.40. The summed E-state index contributed by atoms with van der Waals surface area (Å²) >= 11 is 0. The first-order valence-corrected chi connectivity index (χ1v) is 36.4. The summed E-state index contributed by atoms with van der Waals surface area (Å²) in [5.74, 6) is -4.69. The Balaban J connectivity index is 0.998. The van der Waals surface area contributed by atoms with E-state index in [0.29, 0.717) is 39.6 Å². The van der Waals surface area contributed by atoms with E-state index >= 15 is 9.59 Å². The molecule has 4 N–H and O–H groups in total. The van der Waals surface area contributed by atoms with E-state index in [1.165, 1.54) is 97.1 Å². The van der Waals surface area contributed by atoms with Crippen LogP contribution in [0.2, 0.25) is 0 Å². The van der Waals surface area contributed by atoms with Crippen LogP contribution in [0.4, 0.5) is 11.4 Å². The number of sulfone groups is 2. The number of ketones is 4. The van der Waals surface area contributed by atoms with Gasteiger partial charge in [-0.25, -0.2) is 16.8 Å². The molecule has 0 aromatic heterocycles. The quantitative estimate of drug-likeness (QED) is 0.0287. The number of anilines is 2. The molecule has 20 nitrogen and oxygen atoms in total. The van der Waals surface area contributed by atoms with Crippen LogP contribution in [-0.2, 0) is 48.1 Å². The van der Waals surface area contributed by atoms with E-state index in [4.69, 9.17) is 28.4 Å². The molecule has 526 valence electrons. The first kappa shape index (κ1) is 76.3. The molecule has 4 atom stereocenters. The highest BCUT2D eigenvalue weighted by molar-refractivity contribution is 7.91. The first-order valence-electron chi connectivity index (χ1n) is 33.1. The molecule has 0 aliphatic heterocycles. The largest absolute Gasteiger partial charge is 0.385 e. The number of rotatable bonds is 35. The normalized spacial score (nSPS) is 14.8. The van der Waals surface area contributed by atoms with Gasteiger partial charge in [0.1, 0.15) is 0 Å². The van der Waals surface area contributed by atoms with Crippen molar-refractivity contribution in [3.63, 3.8) is 0 Å². The molecule has 4 unspecified atom stereocenters. The number of benzene rings is 6. The second-order valence-electron chi connectivity index (χ2n) is 27.8. The number of carbonyl (C=O) groups excluding carboxylic acids is 6. The van der Waals surface area contributed by atoms with Crippen LogP contribution in [0.3, 0.4) is 0 Å². The van der Waals surface area contributed by atoms with Gasteiger partial charge in [-0.2, -0.15) is 0 Å². The molecule has 0 bridgehead atoms. The third kappa shape index (κ3) is 18.3. The molecule has 22 heteroatoms. The molecule has 2 aliphatic carbocycles. The molecule has 0 spiro atoms. The van der Waals surface area contributed by atoms with Crippen molar-refractivity contribution >= 4 is 66.0 Å². The van der Waals surface area contributed by atoms with E-state index in [0.717, 1.165) is 12.8 Å². The Bertz CT molecular complexity index is 3930. The maximum absolute atomic E-state index is 15.0. The number of nitrogens with one attached hydrogen (secondary N) is 4. The van der Waals surface area contributed by atoms with Gasteiger partial charge in [-0.3, -0.25) is 28.8 Å². The molecule has 6 aromatic carbocycles.